The largest absolute Gasteiger partial charge is 0.385 e. The quantitative estimate of drug-likeness (QED) is 0.765. The fourth-order valence-corrected chi connectivity index (χ4v) is 5.75. The number of aryl methyl sites for hydroxylation is 2. The topological polar surface area (TPSA) is 72.5 Å². The normalized spacial score (nSPS) is 17.0. The molecule has 0 spiro atoms. The van der Waals surface area contributed by atoms with E-state index in [0.29, 0.717) is 38.0 Å². The summed E-state index contributed by atoms with van der Waals surface area (Å²) in [6.07, 6.45) is 2.96. The van der Waals surface area contributed by atoms with Gasteiger partial charge in [-0.1, -0.05) is 25.0 Å². The molecule has 0 bridgehead atoms. The minimum atomic E-state index is -3.74. The number of carbonyl (C=O) groups excluding carboxylic acids is 1. The number of sulfone groups is 1. The molecule has 134 valence electrons. The number of methoxy groups -OCH3 is 1. The van der Waals surface area contributed by atoms with Crippen LogP contribution in [0.15, 0.2) is 23.1 Å². The third-order valence-electron chi connectivity index (χ3n) is 4.78. The number of nitrogens with one attached hydrogen (secondary N) is 1. The van der Waals surface area contributed by atoms with Crippen LogP contribution < -0.4 is 5.32 Å². The Labute approximate surface area is 144 Å². The molecule has 0 saturated heterocycles. The van der Waals surface area contributed by atoms with Gasteiger partial charge in [-0.2, -0.15) is 0 Å². The first kappa shape index (κ1) is 18.9. The summed E-state index contributed by atoms with van der Waals surface area (Å²) in [6, 6.07) is 5.38. The van der Waals surface area contributed by atoms with Crippen molar-refractivity contribution in [1.82, 2.24) is 5.32 Å². The zero-order chi connectivity index (χ0) is 17.8. The van der Waals surface area contributed by atoms with Gasteiger partial charge in [0.05, 0.1) is 4.90 Å². The standard InChI is InChI=1S/C18H27NO4S/c1-14-7-8-15(2)16(13-14)24(21,22)18(9-4-5-10-18)17(20)19-11-6-12-23-3/h7-8,13H,4-6,9-12H2,1-3H3,(H,19,20). The van der Waals surface area contributed by atoms with E-state index < -0.39 is 14.6 Å². The van der Waals surface area contributed by atoms with Gasteiger partial charge in [0.2, 0.25) is 5.91 Å². The van der Waals surface area contributed by atoms with E-state index in [1.54, 1.807) is 26.2 Å². The average molecular weight is 353 g/mol. The Balaban J connectivity index is 2.35. The summed E-state index contributed by atoms with van der Waals surface area (Å²) < 4.78 is 30.4. The van der Waals surface area contributed by atoms with Gasteiger partial charge in [-0.25, -0.2) is 8.42 Å². The van der Waals surface area contributed by atoms with Gasteiger partial charge in [0.1, 0.15) is 0 Å². The average Bonchev–Trinajstić information content (AvgIpc) is 3.05. The molecule has 1 aliphatic carbocycles. The number of amides is 1. The van der Waals surface area contributed by atoms with Gasteiger partial charge >= 0.3 is 0 Å². The van der Waals surface area contributed by atoms with Gasteiger partial charge < -0.3 is 10.1 Å². The Morgan fingerprint density at radius 3 is 2.54 bits per heavy atom. The lowest BCUT2D eigenvalue weighted by Crippen LogP contribution is -2.51. The minimum Gasteiger partial charge on any atom is -0.385 e. The molecule has 0 unspecified atom stereocenters. The second kappa shape index (κ2) is 7.66. The molecule has 1 fully saturated rings. The third kappa shape index (κ3) is 3.49. The van der Waals surface area contributed by atoms with Gasteiger partial charge in [0.15, 0.2) is 14.6 Å². The van der Waals surface area contributed by atoms with E-state index in [1.807, 2.05) is 13.0 Å². The molecule has 1 aromatic rings. The van der Waals surface area contributed by atoms with Gasteiger partial charge in [-0.05, 0) is 50.3 Å². The molecule has 0 atom stereocenters. The highest BCUT2D eigenvalue weighted by molar-refractivity contribution is 7.93. The molecule has 6 heteroatoms. The van der Waals surface area contributed by atoms with Crippen molar-refractivity contribution in [3.63, 3.8) is 0 Å². The van der Waals surface area contributed by atoms with Crippen molar-refractivity contribution < 1.29 is 17.9 Å². The van der Waals surface area contributed by atoms with Crippen molar-refractivity contribution in [1.29, 1.82) is 0 Å². The van der Waals surface area contributed by atoms with Crippen LogP contribution in [0.3, 0.4) is 0 Å². The second-order valence-electron chi connectivity index (χ2n) is 6.58. The van der Waals surface area contributed by atoms with E-state index in [-0.39, 0.29) is 10.8 Å². The van der Waals surface area contributed by atoms with Crippen LogP contribution >= 0.6 is 0 Å². The highest BCUT2D eigenvalue weighted by atomic mass is 32.2. The Bertz CT molecular complexity index is 691. The van der Waals surface area contributed by atoms with Crippen LogP contribution in [-0.2, 0) is 19.4 Å². The van der Waals surface area contributed by atoms with Crippen LogP contribution in [-0.4, -0.2) is 39.3 Å². The van der Waals surface area contributed by atoms with E-state index >= 15 is 0 Å². The van der Waals surface area contributed by atoms with Crippen molar-refractivity contribution >= 4 is 15.7 Å². The van der Waals surface area contributed by atoms with Crippen LogP contribution in [0, 0.1) is 13.8 Å². The van der Waals surface area contributed by atoms with Crippen LogP contribution in [0.25, 0.3) is 0 Å². The van der Waals surface area contributed by atoms with Gasteiger partial charge in [-0.3, -0.25) is 4.79 Å². The minimum absolute atomic E-state index is 0.288. The molecule has 1 N–H and O–H groups in total. The van der Waals surface area contributed by atoms with E-state index in [4.69, 9.17) is 4.74 Å². The molecule has 1 saturated carbocycles. The Morgan fingerprint density at radius 1 is 1.25 bits per heavy atom. The molecule has 0 heterocycles. The molecule has 0 radical (unpaired) electrons. The highest BCUT2D eigenvalue weighted by Gasteiger charge is 2.53. The fourth-order valence-electron chi connectivity index (χ4n) is 3.35. The first-order valence-electron chi connectivity index (χ1n) is 8.44. The Morgan fingerprint density at radius 2 is 1.92 bits per heavy atom. The Hall–Kier alpha value is -1.40. The molecule has 0 aliphatic heterocycles. The first-order valence-corrected chi connectivity index (χ1v) is 9.92. The van der Waals surface area contributed by atoms with Crippen LogP contribution in [0.2, 0.25) is 0 Å². The Kier molecular flexibility index (Phi) is 6.04. The predicted octanol–water partition coefficient (Wildman–Crippen LogP) is 2.54. The molecule has 1 aromatic carbocycles. The van der Waals surface area contributed by atoms with Gasteiger partial charge in [0.25, 0.3) is 0 Å². The maximum Gasteiger partial charge on any atom is 0.241 e. The van der Waals surface area contributed by atoms with Crippen LogP contribution in [0.4, 0.5) is 0 Å². The monoisotopic (exact) mass is 353 g/mol. The smallest absolute Gasteiger partial charge is 0.241 e. The molecule has 5 nitrogen and oxygen atoms in total. The number of rotatable bonds is 7. The molecular weight excluding hydrogens is 326 g/mol. The van der Waals surface area contributed by atoms with Crippen LogP contribution in [0.1, 0.15) is 43.2 Å². The van der Waals surface area contributed by atoms with E-state index in [0.717, 1.165) is 18.4 Å². The summed E-state index contributed by atoms with van der Waals surface area (Å²) in [7, 11) is -2.14. The summed E-state index contributed by atoms with van der Waals surface area (Å²) in [6.45, 7) is 4.61. The molecule has 1 aliphatic rings. The summed E-state index contributed by atoms with van der Waals surface area (Å²) in [4.78, 5) is 13.1. The number of hydrogen-bond donors (Lipinski definition) is 1. The second-order valence-corrected chi connectivity index (χ2v) is 8.80. The predicted molar refractivity (Wildman–Crippen MR) is 93.8 cm³/mol. The zero-order valence-corrected chi connectivity index (χ0v) is 15.5. The van der Waals surface area contributed by atoms with Crippen molar-refractivity contribution in [2.45, 2.75) is 55.6 Å². The summed E-state index contributed by atoms with van der Waals surface area (Å²) in [5.74, 6) is -0.364. The maximum absolute atomic E-state index is 13.4. The lowest BCUT2D eigenvalue weighted by Gasteiger charge is -2.28. The molecule has 24 heavy (non-hydrogen) atoms. The molecule has 0 aromatic heterocycles. The third-order valence-corrected chi connectivity index (χ3v) is 7.42. The number of ether oxygens (including phenoxy) is 1. The van der Waals surface area contributed by atoms with Crippen molar-refractivity contribution in [2.24, 2.45) is 0 Å². The zero-order valence-electron chi connectivity index (χ0n) is 14.7. The van der Waals surface area contributed by atoms with E-state index in [1.165, 1.54) is 0 Å². The summed E-state index contributed by atoms with van der Waals surface area (Å²) in [5.41, 5.74) is 1.58. The number of benzene rings is 1. The first-order chi connectivity index (χ1) is 11.3. The SMILES string of the molecule is COCCCNC(=O)C1(S(=O)(=O)c2cc(C)ccc2C)CCCC1. The van der Waals surface area contributed by atoms with Crippen LogP contribution in [0.5, 0.6) is 0 Å². The number of carbonyl (C=O) groups is 1. The van der Waals surface area contributed by atoms with Crippen molar-refractivity contribution in [3.05, 3.63) is 29.3 Å². The van der Waals surface area contributed by atoms with Gasteiger partial charge in [0, 0.05) is 20.3 Å². The summed E-state index contributed by atoms with van der Waals surface area (Å²) in [5, 5.41) is 2.81. The lowest BCUT2D eigenvalue weighted by molar-refractivity contribution is -0.123. The van der Waals surface area contributed by atoms with E-state index in [2.05, 4.69) is 5.32 Å². The number of hydrogen-bond acceptors (Lipinski definition) is 4. The molecule has 2 rings (SSSR count). The summed E-state index contributed by atoms with van der Waals surface area (Å²) >= 11 is 0. The highest BCUT2D eigenvalue weighted by Crippen LogP contribution is 2.41. The van der Waals surface area contributed by atoms with Gasteiger partial charge in [-0.15, -0.1) is 0 Å². The molecular formula is C18H27NO4S. The van der Waals surface area contributed by atoms with Crippen molar-refractivity contribution in [2.75, 3.05) is 20.3 Å². The van der Waals surface area contributed by atoms with Crippen molar-refractivity contribution in [3.8, 4) is 0 Å². The van der Waals surface area contributed by atoms with E-state index in [9.17, 15) is 13.2 Å². The fraction of sp³-hybridized carbons (Fsp3) is 0.611. The maximum atomic E-state index is 13.4. The lowest BCUT2D eigenvalue weighted by atomic mass is 10.1. The molecule has 1 amide bonds.